The maximum atomic E-state index is 5.97. The lowest BCUT2D eigenvalue weighted by atomic mass is 9.99. The lowest BCUT2D eigenvalue weighted by molar-refractivity contribution is 0.291. The predicted octanol–water partition coefficient (Wildman–Crippen LogP) is 2.46. The van der Waals surface area contributed by atoms with Crippen molar-refractivity contribution in [2.75, 3.05) is 26.2 Å². The van der Waals surface area contributed by atoms with Gasteiger partial charge in [0, 0.05) is 32.1 Å². The Morgan fingerprint density at radius 1 is 1.11 bits per heavy atom. The average molecular weight is 244 g/mol. The first kappa shape index (κ1) is 12.2. The summed E-state index contributed by atoms with van der Waals surface area (Å²) in [6.45, 7) is 4.53. The van der Waals surface area contributed by atoms with E-state index in [0.717, 1.165) is 24.9 Å². The third kappa shape index (κ3) is 2.45. The van der Waals surface area contributed by atoms with Crippen LogP contribution in [0.5, 0.6) is 0 Å². The molecule has 3 rings (SSSR count). The van der Waals surface area contributed by atoms with Gasteiger partial charge in [-0.1, -0.05) is 36.8 Å². The second-order valence-electron chi connectivity index (χ2n) is 6.01. The summed E-state index contributed by atoms with van der Waals surface area (Å²) in [5.74, 6) is 2.48. The zero-order valence-electron chi connectivity index (χ0n) is 11.1. The van der Waals surface area contributed by atoms with Crippen LogP contribution >= 0.6 is 0 Å². The highest BCUT2D eigenvalue weighted by Gasteiger charge is 2.36. The minimum Gasteiger partial charge on any atom is -0.330 e. The van der Waals surface area contributed by atoms with Crippen LogP contribution in [0.4, 0.5) is 0 Å². The van der Waals surface area contributed by atoms with Crippen molar-refractivity contribution in [1.82, 2.24) is 4.90 Å². The number of likely N-dealkylation sites (tertiary alicyclic amines) is 1. The molecule has 2 heteroatoms. The van der Waals surface area contributed by atoms with E-state index in [2.05, 4.69) is 35.2 Å². The van der Waals surface area contributed by atoms with Crippen molar-refractivity contribution in [2.45, 2.75) is 25.2 Å². The molecule has 0 aromatic heterocycles. The number of fused-ring (bicyclic) bond motifs is 1. The van der Waals surface area contributed by atoms with Crippen LogP contribution in [0.3, 0.4) is 0 Å². The first-order chi connectivity index (χ1) is 8.86. The zero-order chi connectivity index (χ0) is 12.4. The van der Waals surface area contributed by atoms with Crippen LogP contribution in [0.15, 0.2) is 30.3 Å². The number of nitrogens with two attached hydrogens (primary N) is 1. The highest BCUT2D eigenvalue weighted by molar-refractivity contribution is 5.20. The van der Waals surface area contributed by atoms with Gasteiger partial charge in [-0.2, -0.15) is 0 Å². The molecule has 3 unspecified atom stereocenters. The van der Waals surface area contributed by atoms with Gasteiger partial charge in [0.25, 0.3) is 0 Å². The summed E-state index contributed by atoms with van der Waals surface area (Å²) in [7, 11) is 0. The van der Waals surface area contributed by atoms with Gasteiger partial charge < -0.3 is 10.6 Å². The fourth-order valence-corrected chi connectivity index (χ4v) is 3.83. The van der Waals surface area contributed by atoms with Crippen LogP contribution in [-0.4, -0.2) is 31.1 Å². The maximum Gasteiger partial charge on any atom is 0.00888 e. The number of hydrogen-bond donors (Lipinski definition) is 1. The third-order valence-electron chi connectivity index (χ3n) is 4.84. The molecular weight excluding hydrogens is 220 g/mol. The Morgan fingerprint density at radius 3 is 2.39 bits per heavy atom. The molecule has 1 saturated carbocycles. The van der Waals surface area contributed by atoms with Crippen molar-refractivity contribution in [2.24, 2.45) is 17.6 Å². The summed E-state index contributed by atoms with van der Waals surface area (Å²) in [5, 5.41) is 0. The molecule has 1 aromatic carbocycles. The molecule has 0 radical (unpaired) electrons. The monoisotopic (exact) mass is 244 g/mol. The Labute approximate surface area is 110 Å². The van der Waals surface area contributed by atoms with Gasteiger partial charge in [0.15, 0.2) is 0 Å². The predicted molar refractivity (Wildman–Crippen MR) is 75.5 cm³/mol. The Balaban J connectivity index is 1.61. The molecule has 1 aromatic rings. The summed E-state index contributed by atoms with van der Waals surface area (Å²) in [4.78, 5) is 2.65. The minimum absolute atomic E-state index is 0.505. The van der Waals surface area contributed by atoms with Crippen LogP contribution in [0.2, 0.25) is 0 Å². The van der Waals surface area contributed by atoms with Gasteiger partial charge in [-0.3, -0.25) is 0 Å². The van der Waals surface area contributed by atoms with Gasteiger partial charge >= 0.3 is 0 Å². The Hall–Kier alpha value is -0.860. The van der Waals surface area contributed by atoms with Crippen LogP contribution in [0.1, 0.15) is 30.7 Å². The molecule has 0 spiro atoms. The topological polar surface area (TPSA) is 29.3 Å². The molecule has 18 heavy (non-hydrogen) atoms. The van der Waals surface area contributed by atoms with Crippen molar-refractivity contribution in [3.63, 3.8) is 0 Å². The zero-order valence-corrected chi connectivity index (χ0v) is 11.1. The van der Waals surface area contributed by atoms with Crippen LogP contribution in [-0.2, 0) is 0 Å². The number of nitrogens with zero attached hydrogens (tertiary/aromatic N) is 1. The molecule has 0 amide bonds. The largest absolute Gasteiger partial charge is 0.330 e. The number of rotatable bonds is 4. The van der Waals surface area contributed by atoms with E-state index in [-0.39, 0.29) is 0 Å². The summed E-state index contributed by atoms with van der Waals surface area (Å²) >= 11 is 0. The van der Waals surface area contributed by atoms with E-state index < -0.39 is 0 Å². The highest BCUT2D eigenvalue weighted by atomic mass is 15.2. The quantitative estimate of drug-likeness (QED) is 0.881. The van der Waals surface area contributed by atoms with Gasteiger partial charge in [0.05, 0.1) is 0 Å². The van der Waals surface area contributed by atoms with Crippen LogP contribution < -0.4 is 5.73 Å². The Morgan fingerprint density at radius 2 is 1.78 bits per heavy atom. The minimum atomic E-state index is 0.505. The van der Waals surface area contributed by atoms with Gasteiger partial charge in [-0.15, -0.1) is 0 Å². The molecule has 3 atom stereocenters. The smallest absolute Gasteiger partial charge is 0.00888 e. The van der Waals surface area contributed by atoms with Gasteiger partial charge in [0.1, 0.15) is 0 Å². The molecule has 2 nitrogen and oxygen atoms in total. The normalized spacial score (nSPS) is 29.4. The highest BCUT2D eigenvalue weighted by Crippen LogP contribution is 2.38. The van der Waals surface area contributed by atoms with E-state index in [9.17, 15) is 0 Å². The fourth-order valence-electron chi connectivity index (χ4n) is 3.83. The van der Waals surface area contributed by atoms with Crippen molar-refractivity contribution >= 4 is 0 Å². The van der Waals surface area contributed by atoms with E-state index in [4.69, 9.17) is 5.73 Å². The molecule has 0 bridgehead atoms. The van der Waals surface area contributed by atoms with Gasteiger partial charge in [0.2, 0.25) is 0 Å². The molecule has 1 aliphatic carbocycles. The van der Waals surface area contributed by atoms with Crippen molar-refractivity contribution in [3.8, 4) is 0 Å². The molecular formula is C16H24N2. The lowest BCUT2D eigenvalue weighted by Crippen LogP contribution is -2.30. The molecule has 1 aliphatic heterocycles. The Kier molecular flexibility index (Phi) is 3.67. The summed E-state index contributed by atoms with van der Waals surface area (Å²) in [6, 6.07) is 10.8. The van der Waals surface area contributed by atoms with Crippen molar-refractivity contribution < 1.29 is 0 Å². The van der Waals surface area contributed by atoms with E-state index in [1.807, 2.05) is 0 Å². The van der Waals surface area contributed by atoms with Crippen LogP contribution in [0.25, 0.3) is 0 Å². The third-order valence-corrected chi connectivity index (χ3v) is 4.84. The average Bonchev–Trinajstić information content (AvgIpc) is 2.97. The molecule has 2 aliphatic rings. The number of hydrogen-bond acceptors (Lipinski definition) is 2. The van der Waals surface area contributed by atoms with Crippen LogP contribution in [0, 0.1) is 11.8 Å². The fraction of sp³-hybridized carbons (Fsp3) is 0.625. The summed E-state index contributed by atoms with van der Waals surface area (Å²) in [5.41, 5.74) is 7.37. The molecule has 1 saturated heterocycles. The van der Waals surface area contributed by atoms with Crippen molar-refractivity contribution in [1.29, 1.82) is 0 Å². The standard InChI is InChI=1S/C16H24N2/c17-9-16(13-5-2-1-3-6-13)12-18-10-14-7-4-8-15(14)11-18/h1-3,5-6,14-16H,4,7-12,17H2. The lowest BCUT2D eigenvalue weighted by Gasteiger charge is -2.23. The van der Waals surface area contributed by atoms with Crippen molar-refractivity contribution in [3.05, 3.63) is 35.9 Å². The van der Waals surface area contributed by atoms with Gasteiger partial charge in [-0.25, -0.2) is 0 Å². The first-order valence-corrected chi connectivity index (χ1v) is 7.34. The molecule has 1 heterocycles. The molecule has 2 N–H and O–H groups in total. The summed E-state index contributed by atoms with van der Waals surface area (Å²) in [6.07, 6.45) is 4.38. The van der Waals surface area contributed by atoms with Gasteiger partial charge in [-0.05, 0) is 30.2 Å². The first-order valence-electron chi connectivity index (χ1n) is 7.34. The van der Waals surface area contributed by atoms with E-state index in [1.165, 1.54) is 37.9 Å². The maximum absolute atomic E-state index is 5.97. The Bertz CT molecular complexity index is 364. The van der Waals surface area contributed by atoms with E-state index in [0.29, 0.717) is 5.92 Å². The second kappa shape index (κ2) is 5.41. The van der Waals surface area contributed by atoms with E-state index in [1.54, 1.807) is 0 Å². The summed E-state index contributed by atoms with van der Waals surface area (Å²) < 4.78 is 0. The molecule has 2 fully saturated rings. The van der Waals surface area contributed by atoms with E-state index >= 15 is 0 Å². The second-order valence-corrected chi connectivity index (χ2v) is 6.01. The number of benzene rings is 1. The molecule has 98 valence electrons. The SMILES string of the molecule is NCC(CN1CC2CCCC2C1)c1ccccc1.